The van der Waals surface area contributed by atoms with Gasteiger partial charge in [-0.1, -0.05) is 12.1 Å². The number of hydrogen-bond acceptors (Lipinski definition) is 4. The first-order valence-corrected chi connectivity index (χ1v) is 6.87. The van der Waals surface area contributed by atoms with Gasteiger partial charge in [0.05, 0.1) is 0 Å². The SMILES string of the molecule is CN(C)C(=O)Oc1ccc(CCC(=O)OC(C)(C)C)cc1. The third kappa shape index (κ3) is 6.79. The zero-order valence-corrected chi connectivity index (χ0v) is 13.3. The average Bonchev–Trinajstić information content (AvgIpc) is 2.35. The molecular weight excluding hydrogens is 270 g/mol. The normalized spacial score (nSPS) is 10.9. The number of esters is 1. The monoisotopic (exact) mass is 293 g/mol. The first kappa shape index (κ1) is 17.0. The molecule has 0 bridgehead atoms. The highest BCUT2D eigenvalue weighted by Crippen LogP contribution is 2.15. The van der Waals surface area contributed by atoms with E-state index in [0.717, 1.165) is 5.56 Å². The van der Waals surface area contributed by atoms with Gasteiger partial charge >= 0.3 is 12.1 Å². The van der Waals surface area contributed by atoms with Crippen LogP contribution in [0.25, 0.3) is 0 Å². The van der Waals surface area contributed by atoms with Gasteiger partial charge in [-0.2, -0.15) is 0 Å². The Hall–Kier alpha value is -2.04. The van der Waals surface area contributed by atoms with E-state index in [9.17, 15) is 9.59 Å². The van der Waals surface area contributed by atoms with Gasteiger partial charge < -0.3 is 14.4 Å². The number of aryl methyl sites for hydroxylation is 1. The van der Waals surface area contributed by atoms with E-state index >= 15 is 0 Å². The second kappa shape index (κ2) is 7.11. The molecule has 21 heavy (non-hydrogen) atoms. The molecule has 5 nitrogen and oxygen atoms in total. The molecule has 0 atom stereocenters. The third-order valence-corrected chi connectivity index (χ3v) is 2.53. The molecule has 0 heterocycles. The molecule has 0 spiro atoms. The van der Waals surface area contributed by atoms with Crippen molar-refractivity contribution in [2.75, 3.05) is 14.1 Å². The van der Waals surface area contributed by atoms with Gasteiger partial charge in [0.25, 0.3) is 0 Å². The summed E-state index contributed by atoms with van der Waals surface area (Å²) in [5.74, 6) is 0.264. The molecule has 1 aromatic carbocycles. The third-order valence-electron chi connectivity index (χ3n) is 2.53. The van der Waals surface area contributed by atoms with Crippen molar-refractivity contribution in [3.63, 3.8) is 0 Å². The maximum absolute atomic E-state index is 11.6. The lowest BCUT2D eigenvalue weighted by molar-refractivity contribution is -0.154. The molecular formula is C16H23NO4. The van der Waals surface area contributed by atoms with Crippen LogP contribution in [0.4, 0.5) is 4.79 Å². The number of carbonyl (C=O) groups is 2. The van der Waals surface area contributed by atoms with E-state index in [1.807, 2.05) is 32.9 Å². The summed E-state index contributed by atoms with van der Waals surface area (Å²) in [6.45, 7) is 5.54. The van der Waals surface area contributed by atoms with Crippen molar-refractivity contribution in [1.29, 1.82) is 0 Å². The van der Waals surface area contributed by atoms with Crippen molar-refractivity contribution >= 4 is 12.1 Å². The number of benzene rings is 1. The molecule has 0 saturated carbocycles. The van der Waals surface area contributed by atoms with Gasteiger partial charge in [-0.05, 0) is 44.9 Å². The van der Waals surface area contributed by atoms with Crippen LogP contribution in [-0.2, 0) is 16.0 Å². The number of nitrogens with zero attached hydrogens (tertiary/aromatic N) is 1. The van der Waals surface area contributed by atoms with Crippen molar-refractivity contribution in [3.8, 4) is 5.75 Å². The zero-order chi connectivity index (χ0) is 16.0. The van der Waals surface area contributed by atoms with Crippen molar-refractivity contribution in [2.45, 2.75) is 39.2 Å². The largest absolute Gasteiger partial charge is 0.460 e. The molecule has 0 radical (unpaired) electrons. The maximum Gasteiger partial charge on any atom is 0.414 e. The fraction of sp³-hybridized carbons (Fsp3) is 0.500. The number of rotatable bonds is 4. The lowest BCUT2D eigenvalue weighted by Crippen LogP contribution is -2.25. The van der Waals surface area contributed by atoms with Crippen LogP contribution in [0.15, 0.2) is 24.3 Å². The molecule has 1 rings (SSSR count). The molecule has 1 aromatic rings. The summed E-state index contributed by atoms with van der Waals surface area (Å²) in [4.78, 5) is 24.4. The molecule has 1 amide bonds. The van der Waals surface area contributed by atoms with Gasteiger partial charge in [0.15, 0.2) is 0 Å². The van der Waals surface area contributed by atoms with E-state index in [0.29, 0.717) is 18.6 Å². The minimum absolute atomic E-state index is 0.217. The number of hydrogen-bond donors (Lipinski definition) is 0. The van der Waals surface area contributed by atoms with Gasteiger partial charge in [0.1, 0.15) is 11.4 Å². The van der Waals surface area contributed by atoms with E-state index in [1.54, 1.807) is 26.2 Å². The number of ether oxygens (including phenoxy) is 2. The molecule has 0 fully saturated rings. The maximum atomic E-state index is 11.6. The standard InChI is InChI=1S/C16H23NO4/c1-16(2,3)21-14(18)11-8-12-6-9-13(10-7-12)20-15(19)17(4)5/h6-7,9-10H,8,11H2,1-5H3. The summed E-state index contributed by atoms with van der Waals surface area (Å²) in [5.41, 5.74) is 0.534. The summed E-state index contributed by atoms with van der Waals surface area (Å²) in [6, 6.07) is 7.10. The zero-order valence-electron chi connectivity index (χ0n) is 13.3. The van der Waals surface area contributed by atoms with Gasteiger partial charge in [-0.15, -0.1) is 0 Å². The van der Waals surface area contributed by atoms with Crippen LogP contribution in [0.1, 0.15) is 32.8 Å². The Bertz CT molecular complexity index is 486. The summed E-state index contributed by atoms with van der Waals surface area (Å²) in [5, 5.41) is 0. The van der Waals surface area contributed by atoms with Crippen LogP contribution < -0.4 is 4.74 Å². The van der Waals surface area contributed by atoms with E-state index in [4.69, 9.17) is 9.47 Å². The topological polar surface area (TPSA) is 55.8 Å². The van der Waals surface area contributed by atoms with Gasteiger partial charge in [-0.25, -0.2) is 4.79 Å². The Morgan fingerprint density at radius 1 is 1.10 bits per heavy atom. The minimum Gasteiger partial charge on any atom is -0.460 e. The molecule has 0 aliphatic carbocycles. The Morgan fingerprint density at radius 3 is 2.14 bits per heavy atom. The van der Waals surface area contributed by atoms with Gasteiger partial charge in [0.2, 0.25) is 0 Å². The molecule has 116 valence electrons. The van der Waals surface area contributed by atoms with Crippen molar-refractivity contribution in [3.05, 3.63) is 29.8 Å². The molecule has 0 saturated heterocycles. The Kier molecular flexibility index (Phi) is 5.76. The molecule has 0 aliphatic rings. The van der Waals surface area contributed by atoms with E-state index in [2.05, 4.69) is 0 Å². The number of amides is 1. The van der Waals surface area contributed by atoms with E-state index < -0.39 is 11.7 Å². The second-order valence-corrected chi connectivity index (χ2v) is 5.99. The Balaban J connectivity index is 2.48. The summed E-state index contributed by atoms with van der Waals surface area (Å²) in [7, 11) is 3.25. The second-order valence-electron chi connectivity index (χ2n) is 5.99. The summed E-state index contributed by atoms with van der Waals surface area (Å²) >= 11 is 0. The van der Waals surface area contributed by atoms with Crippen LogP contribution in [0.2, 0.25) is 0 Å². The summed E-state index contributed by atoms with van der Waals surface area (Å²) in [6.07, 6.45) is 0.502. The molecule has 0 aromatic heterocycles. The molecule has 5 heteroatoms. The van der Waals surface area contributed by atoms with Gasteiger partial charge in [0, 0.05) is 20.5 Å². The minimum atomic E-state index is -0.457. The highest BCUT2D eigenvalue weighted by atomic mass is 16.6. The Labute approximate surface area is 125 Å². The molecule has 0 aliphatic heterocycles. The lowest BCUT2D eigenvalue weighted by Gasteiger charge is -2.19. The van der Waals surface area contributed by atoms with Crippen LogP contribution in [-0.4, -0.2) is 36.7 Å². The van der Waals surface area contributed by atoms with E-state index in [1.165, 1.54) is 4.90 Å². The fourth-order valence-electron chi connectivity index (χ4n) is 1.56. The first-order valence-electron chi connectivity index (χ1n) is 6.87. The van der Waals surface area contributed by atoms with Crippen LogP contribution in [0, 0.1) is 0 Å². The summed E-state index contributed by atoms with van der Waals surface area (Å²) < 4.78 is 10.4. The fourth-order valence-corrected chi connectivity index (χ4v) is 1.56. The van der Waals surface area contributed by atoms with E-state index in [-0.39, 0.29) is 5.97 Å². The Morgan fingerprint density at radius 2 is 1.67 bits per heavy atom. The first-order chi connectivity index (χ1) is 9.67. The average molecular weight is 293 g/mol. The van der Waals surface area contributed by atoms with Crippen molar-refractivity contribution in [1.82, 2.24) is 4.90 Å². The molecule has 0 unspecified atom stereocenters. The predicted molar refractivity (Wildman–Crippen MR) is 80.3 cm³/mol. The quantitative estimate of drug-likeness (QED) is 0.801. The number of carbonyl (C=O) groups excluding carboxylic acids is 2. The van der Waals surface area contributed by atoms with Crippen molar-refractivity contribution in [2.24, 2.45) is 0 Å². The predicted octanol–water partition coefficient (Wildman–Crippen LogP) is 3.02. The highest BCUT2D eigenvalue weighted by Gasteiger charge is 2.15. The lowest BCUT2D eigenvalue weighted by atomic mass is 10.1. The van der Waals surface area contributed by atoms with Crippen LogP contribution in [0.3, 0.4) is 0 Å². The van der Waals surface area contributed by atoms with Gasteiger partial charge in [-0.3, -0.25) is 4.79 Å². The van der Waals surface area contributed by atoms with Crippen LogP contribution >= 0.6 is 0 Å². The van der Waals surface area contributed by atoms with Crippen LogP contribution in [0.5, 0.6) is 5.75 Å². The van der Waals surface area contributed by atoms with Crippen molar-refractivity contribution < 1.29 is 19.1 Å². The smallest absolute Gasteiger partial charge is 0.414 e. The molecule has 0 N–H and O–H groups in total. The highest BCUT2D eigenvalue weighted by molar-refractivity contribution is 5.70.